The van der Waals surface area contributed by atoms with Gasteiger partial charge in [0.05, 0.1) is 23.7 Å². The monoisotopic (exact) mass is 1070 g/mol. The molecule has 8 amide bonds. The fourth-order valence-electron chi connectivity index (χ4n) is 7.46. The molecule has 72 heavy (non-hydrogen) atoms. The molecule has 1 aliphatic heterocycles. The van der Waals surface area contributed by atoms with E-state index < -0.39 is 133 Å². The SMILES string of the molecule is CC(C)C[C@H](NC(=O)CNC(=O)[C@H](Cc1ccc(O)c(Cl)c1)NC(=O)C1CC(O)CN1C(=O)[C@H](CS)NC(=O)[C@@H](CCC(=O)O)NC(=O)[C@H](Cc1ccc(O)cc1)NC(=O)[C@@H](N)CCN)C(=O)N[C@H](C)CS. The Bertz CT molecular complexity index is 2230. The molecule has 26 heteroatoms. The fourth-order valence-corrected chi connectivity index (χ4v) is 8.00. The number of amides is 8. The number of aliphatic hydroxyl groups excluding tert-OH is 1. The number of thiol groups is 2. The van der Waals surface area contributed by atoms with Gasteiger partial charge in [-0.25, -0.2) is 0 Å². The average molecular weight is 1070 g/mol. The molecule has 398 valence electrons. The minimum atomic E-state index is -1.61. The van der Waals surface area contributed by atoms with Crippen molar-refractivity contribution < 1.29 is 63.6 Å². The molecule has 9 atom stereocenters. The number of benzene rings is 2. The van der Waals surface area contributed by atoms with Crippen LogP contribution in [0, 0.1) is 5.92 Å². The highest BCUT2D eigenvalue weighted by Crippen LogP contribution is 2.25. The van der Waals surface area contributed by atoms with Crippen LogP contribution in [0.3, 0.4) is 0 Å². The summed E-state index contributed by atoms with van der Waals surface area (Å²) in [7, 11) is 0. The van der Waals surface area contributed by atoms with Crippen molar-refractivity contribution in [1.82, 2.24) is 42.1 Å². The minimum Gasteiger partial charge on any atom is -0.508 e. The number of hydrogen-bond donors (Lipinski definition) is 15. The van der Waals surface area contributed by atoms with Crippen LogP contribution >= 0.6 is 36.9 Å². The van der Waals surface area contributed by atoms with Gasteiger partial charge in [0.1, 0.15) is 47.8 Å². The van der Waals surface area contributed by atoms with Gasteiger partial charge < -0.3 is 74.0 Å². The predicted molar refractivity (Wildman–Crippen MR) is 271 cm³/mol. The molecule has 2 unspecified atom stereocenters. The first kappa shape index (κ1) is 60.4. The van der Waals surface area contributed by atoms with E-state index in [1.54, 1.807) is 6.92 Å². The van der Waals surface area contributed by atoms with E-state index in [9.17, 15) is 63.6 Å². The molecule has 1 aliphatic rings. The van der Waals surface area contributed by atoms with Crippen molar-refractivity contribution in [1.29, 1.82) is 0 Å². The number of nitrogens with two attached hydrogens (primary N) is 2. The second-order valence-corrected chi connectivity index (χ2v) is 19.0. The molecule has 1 saturated heterocycles. The van der Waals surface area contributed by atoms with Crippen LogP contribution in [0.25, 0.3) is 0 Å². The number of phenols is 2. The maximum atomic E-state index is 14.2. The number of β-amino-alcohol motifs (C(OH)–C–C–N with tert-alkyl or cyclic N) is 1. The molecule has 1 fully saturated rings. The number of rotatable bonds is 28. The molecule has 0 aromatic heterocycles. The van der Waals surface area contributed by atoms with Gasteiger partial charge in [0.2, 0.25) is 47.3 Å². The van der Waals surface area contributed by atoms with Gasteiger partial charge in [0.25, 0.3) is 0 Å². The molecule has 0 saturated carbocycles. The Morgan fingerprint density at radius 3 is 1.92 bits per heavy atom. The Balaban J connectivity index is 1.84. The standard InChI is InChI=1S/C46H67ClN10O13S2/c1-23(2)14-32(43(67)51-24(3)21-71)52-38(61)19-50-41(65)33(17-26-6-10-37(60)29(47)15-26)55-45(69)36-18-28(59)20-57(36)46(70)35(22-72)56-42(66)31(9-11-39(62)63)53-44(68)34(54-40(64)30(49)12-13-48)16-25-4-7-27(58)8-5-25/h4-8,10,15,23-24,28,30-36,58-60,71-72H,9,11-14,16-22,48-49H2,1-3H3,(H,50,65)(H,51,67)(H,52,61)(H,53,68)(H,54,64)(H,55,69)(H,56,66)(H,62,63)/t24-,28?,30+,31-,32+,33+,34+,35+,36?/m1/s1. The van der Waals surface area contributed by atoms with Crippen molar-refractivity contribution in [3.05, 3.63) is 58.6 Å². The molecule has 1 heterocycles. The number of nitrogens with one attached hydrogen (secondary N) is 7. The molecule has 2 aromatic rings. The van der Waals surface area contributed by atoms with Crippen molar-refractivity contribution in [2.45, 2.75) is 120 Å². The summed E-state index contributed by atoms with van der Waals surface area (Å²) in [5.74, 6) is -8.29. The number of carboxylic acids is 1. The second kappa shape index (κ2) is 29.6. The third kappa shape index (κ3) is 19.6. The number of phenolic OH excluding ortho intramolecular Hbond substituents is 2. The molecule has 0 spiro atoms. The van der Waals surface area contributed by atoms with Gasteiger partial charge in [-0.3, -0.25) is 43.2 Å². The zero-order valence-corrected chi connectivity index (χ0v) is 42.7. The van der Waals surface area contributed by atoms with Crippen molar-refractivity contribution >= 4 is 90.1 Å². The maximum absolute atomic E-state index is 14.2. The molecule has 0 aliphatic carbocycles. The Hall–Kier alpha value is -5.86. The van der Waals surface area contributed by atoms with Gasteiger partial charge in [0.15, 0.2) is 0 Å². The summed E-state index contributed by atoms with van der Waals surface area (Å²) in [6.07, 6.45) is -2.75. The highest BCUT2D eigenvalue weighted by molar-refractivity contribution is 7.80. The number of carbonyl (C=O) groups excluding carboxylic acids is 8. The molecule has 2 aromatic carbocycles. The zero-order valence-electron chi connectivity index (χ0n) is 40.1. The van der Waals surface area contributed by atoms with E-state index >= 15 is 0 Å². The van der Waals surface area contributed by atoms with Gasteiger partial charge in [-0.15, -0.1) is 0 Å². The Kier molecular flexibility index (Phi) is 24.9. The maximum Gasteiger partial charge on any atom is 0.303 e. The van der Waals surface area contributed by atoms with Crippen molar-refractivity contribution in [2.24, 2.45) is 17.4 Å². The highest BCUT2D eigenvalue weighted by Gasteiger charge is 2.43. The van der Waals surface area contributed by atoms with Crippen LogP contribution in [0.5, 0.6) is 11.5 Å². The molecular formula is C46H67ClN10O13S2. The Morgan fingerprint density at radius 2 is 1.32 bits per heavy atom. The summed E-state index contributed by atoms with van der Waals surface area (Å²) >= 11 is 14.6. The molecule has 0 bridgehead atoms. The van der Waals surface area contributed by atoms with Crippen LogP contribution in [0.15, 0.2) is 42.5 Å². The van der Waals surface area contributed by atoms with Crippen molar-refractivity contribution in [3.8, 4) is 11.5 Å². The number of aromatic hydroxyl groups is 2. The minimum absolute atomic E-state index is 0.00307. The fraction of sp³-hybridized carbons (Fsp3) is 0.543. The normalized spacial score (nSPS) is 17.2. The van der Waals surface area contributed by atoms with Crippen LogP contribution in [0.4, 0.5) is 0 Å². The van der Waals surface area contributed by atoms with E-state index in [0.29, 0.717) is 16.9 Å². The predicted octanol–water partition coefficient (Wildman–Crippen LogP) is -2.01. The van der Waals surface area contributed by atoms with Gasteiger partial charge in [0, 0.05) is 49.8 Å². The lowest BCUT2D eigenvalue weighted by atomic mass is 10.0. The second-order valence-electron chi connectivity index (χ2n) is 17.9. The number of aliphatic carboxylic acids is 1. The molecule has 0 radical (unpaired) electrons. The van der Waals surface area contributed by atoms with Gasteiger partial charge >= 0.3 is 5.97 Å². The summed E-state index contributed by atoms with van der Waals surface area (Å²) in [4.78, 5) is 122. The van der Waals surface area contributed by atoms with Gasteiger partial charge in [-0.05, 0) is 74.0 Å². The largest absolute Gasteiger partial charge is 0.508 e. The summed E-state index contributed by atoms with van der Waals surface area (Å²) in [6, 6.07) is -0.0119. The van der Waals surface area contributed by atoms with Crippen LogP contribution in [-0.4, -0.2) is 164 Å². The van der Waals surface area contributed by atoms with Crippen LogP contribution < -0.4 is 48.7 Å². The van der Waals surface area contributed by atoms with Crippen LogP contribution in [0.2, 0.25) is 5.02 Å². The summed E-state index contributed by atoms with van der Waals surface area (Å²) in [5.41, 5.74) is 12.3. The molecular weight excluding hydrogens is 1000 g/mol. The Morgan fingerprint density at radius 1 is 0.736 bits per heavy atom. The smallest absolute Gasteiger partial charge is 0.303 e. The highest BCUT2D eigenvalue weighted by atomic mass is 35.5. The number of carboxylic acid groups (broad SMARTS) is 1. The van der Waals surface area contributed by atoms with Crippen LogP contribution in [-0.2, 0) is 56.0 Å². The van der Waals surface area contributed by atoms with E-state index in [4.69, 9.17) is 23.1 Å². The van der Waals surface area contributed by atoms with E-state index in [2.05, 4.69) is 62.5 Å². The molecule has 23 nitrogen and oxygen atoms in total. The Labute approximate surface area is 432 Å². The lowest BCUT2D eigenvalue weighted by Gasteiger charge is -2.30. The number of halogens is 1. The van der Waals surface area contributed by atoms with Crippen LogP contribution in [0.1, 0.15) is 64.0 Å². The summed E-state index contributed by atoms with van der Waals surface area (Å²) in [6.45, 7) is 4.50. The first-order valence-corrected chi connectivity index (χ1v) is 24.8. The van der Waals surface area contributed by atoms with Gasteiger partial charge in [-0.1, -0.05) is 43.6 Å². The lowest BCUT2D eigenvalue weighted by molar-refractivity contribution is -0.142. The van der Waals surface area contributed by atoms with Crippen molar-refractivity contribution in [2.75, 3.05) is 31.1 Å². The quantitative estimate of drug-likeness (QED) is 0.0410. The van der Waals surface area contributed by atoms with E-state index in [-0.39, 0.29) is 67.1 Å². The first-order chi connectivity index (χ1) is 34.0. The van der Waals surface area contributed by atoms with E-state index in [1.165, 1.54) is 42.5 Å². The third-order valence-electron chi connectivity index (χ3n) is 11.3. The zero-order chi connectivity index (χ0) is 53.8. The van der Waals surface area contributed by atoms with E-state index in [0.717, 1.165) is 4.90 Å². The number of likely N-dealkylation sites (tertiary alicyclic amines) is 1. The number of carbonyl (C=O) groups is 9. The average Bonchev–Trinajstić information content (AvgIpc) is 3.73. The first-order valence-electron chi connectivity index (χ1n) is 23.2. The van der Waals surface area contributed by atoms with Gasteiger partial charge in [-0.2, -0.15) is 25.3 Å². The third-order valence-corrected chi connectivity index (χ3v) is 12.5. The number of hydrogen-bond acceptors (Lipinski definition) is 16. The van der Waals surface area contributed by atoms with Crippen molar-refractivity contribution in [3.63, 3.8) is 0 Å². The topological polar surface area (TPSA) is 374 Å². The number of nitrogens with zero attached hydrogens (tertiary/aromatic N) is 1. The summed E-state index contributed by atoms with van der Waals surface area (Å²) < 4.78 is 0. The van der Waals surface area contributed by atoms with E-state index in [1.807, 2.05) is 13.8 Å². The summed E-state index contributed by atoms with van der Waals surface area (Å²) in [5, 5.41) is 57.8. The number of aliphatic hydroxyl groups is 1. The lowest BCUT2D eigenvalue weighted by Crippen LogP contribution is -2.60. The molecule has 15 N–H and O–H groups in total. The molecule has 3 rings (SSSR count).